The number of rotatable bonds is 3. The Kier molecular flexibility index (Phi) is 3.29. The Bertz CT molecular complexity index is 501. The van der Waals surface area contributed by atoms with Crippen molar-refractivity contribution in [1.82, 2.24) is 4.90 Å². The van der Waals surface area contributed by atoms with Gasteiger partial charge in [-0.2, -0.15) is 0 Å². The number of likely N-dealkylation sites (tertiary alicyclic amines) is 1. The highest BCUT2D eigenvalue weighted by molar-refractivity contribution is 5.83. The monoisotopic (exact) mass is 249 g/mol. The normalized spacial score (nSPS) is 19.3. The largest absolute Gasteiger partial charge is 0.337 e. The third-order valence-electron chi connectivity index (χ3n) is 3.31. The lowest BCUT2D eigenvalue weighted by Crippen LogP contribution is -2.33. The van der Waals surface area contributed by atoms with E-state index in [4.69, 9.17) is 5.73 Å². The molecule has 2 rings (SSSR count). The number of nitro groups is 1. The summed E-state index contributed by atoms with van der Waals surface area (Å²) in [5, 5.41) is 10.8. The van der Waals surface area contributed by atoms with Crippen molar-refractivity contribution >= 4 is 11.6 Å². The van der Waals surface area contributed by atoms with Crippen LogP contribution in [0.4, 0.5) is 5.69 Å². The number of nitrogens with two attached hydrogens (primary N) is 1. The van der Waals surface area contributed by atoms with Crippen LogP contribution in [0.2, 0.25) is 0 Å². The van der Waals surface area contributed by atoms with Crippen molar-refractivity contribution in [1.29, 1.82) is 0 Å². The van der Waals surface area contributed by atoms with E-state index in [2.05, 4.69) is 0 Å². The molecule has 18 heavy (non-hydrogen) atoms. The van der Waals surface area contributed by atoms with Crippen LogP contribution in [0.15, 0.2) is 18.2 Å². The van der Waals surface area contributed by atoms with Crippen LogP contribution in [-0.2, 0) is 11.3 Å². The molecule has 0 radical (unpaired) electrons. The highest BCUT2D eigenvalue weighted by Gasteiger charge is 2.29. The topological polar surface area (TPSA) is 89.5 Å². The highest BCUT2D eigenvalue weighted by Crippen LogP contribution is 2.23. The van der Waals surface area contributed by atoms with Gasteiger partial charge in [0.15, 0.2) is 0 Å². The lowest BCUT2D eigenvalue weighted by atomic mass is 10.1. The van der Waals surface area contributed by atoms with E-state index in [0.717, 1.165) is 5.56 Å². The van der Waals surface area contributed by atoms with Gasteiger partial charge in [-0.3, -0.25) is 14.9 Å². The minimum absolute atomic E-state index is 0.0825. The molecule has 0 aliphatic carbocycles. The van der Waals surface area contributed by atoms with Gasteiger partial charge >= 0.3 is 0 Å². The Balaban J connectivity index is 2.22. The number of carbonyl (C=O) groups excluding carboxylic acids is 1. The number of benzene rings is 1. The Hall–Kier alpha value is -1.95. The van der Waals surface area contributed by atoms with Gasteiger partial charge in [0.25, 0.3) is 5.69 Å². The summed E-state index contributed by atoms with van der Waals surface area (Å²) in [6, 6.07) is 4.49. The summed E-state index contributed by atoms with van der Waals surface area (Å²) >= 11 is 0. The van der Waals surface area contributed by atoms with E-state index < -0.39 is 11.0 Å². The zero-order valence-electron chi connectivity index (χ0n) is 10.1. The van der Waals surface area contributed by atoms with Gasteiger partial charge in [-0.25, -0.2) is 0 Å². The van der Waals surface area contributed by atoms with Crippen LogP contribution < -0.4 is 5.73 Å². The summed E-state index contributed by atoms with van der Waals surface area (Å²) in [6.45, 7) is 2.70. The highest BCUT2D eigenvalue weighted by atomic mass is 16.6. The first-order valence-electron chi connectivity index (χ1n) is 5.78. The number of nitrogens with zero attached hydrogens (tertiary/aromatic N) is 2. The van der Waals surface area contributed by atoms with Crippen LogP contribution in [0.5, 0.6) is 0 Å². The molecule has 6 nitrogen and oxygen atoms in total. The molecule has 1 heterocycles. The maximum Gasteiger partial charge on any atom is 0.272 e. The molecule has 6 heteroatoms. The summed E-state index contributed by atoms with van der Waals surface area (Å²) in [6.07, 6.45) is 0.646. The van der Waals surface area contributed by atoms with Crippen molar-refractivity contribution in [2.24, 2.45) is 5.73 Å². The van der Waals surface area contributed by atoms with E-state index in [1.807, 2.05) is 0 Å². The lowest BCUT2D eigenvalue weighted by molar-refractivity contribution is -0.385. The Morgan fingerprint density at radius 3 is 2.83 bits per heavy atom. The summed E-state index contributed by atoms with van der Waals surface area (Å²) in [5.41, 5.74) is 7.13. The van der Waals surface area contributed by atoms with E-state index in [-0.39, 0.29) is 11.6 Å². The Morgan fingerprint density at radius 2 is 2.28 bits per heavy atom. The molecule has 1 atom stereocenters. The molecule has 1 aliphatic heterocycles. The summed E-state index contributed by atoms with van der Waals surface area (Å²) < 4.78 is 0. The minimum atomic E-state index is -0.427. The van der Waals surface area contributed by atoms with Gasteiger partial charge in [0.05, 0.1) is 11.0 Å². The van der Waals surface area contributed by atoms with Crippen molar-refractivity contribution in [3.63, 3.8) is 0 Å². The van der Waals surface area contributed by atoms with Gasteiger partial charge in [-0.05, 0) is 18.9 Å². The van der Waals surface area contributed by atoms with Crippen LogP contribution >= 0.6 is 0 Å². The van der Waals surface area contributed by atoms with Crippen molar-refractivity contribution in [3.05, 3.63) is 39.4 Å². The second-order valence-corrected chi connectivity index (χ2v) is 4.47. The summed E-state index contributed by atoms with van der Waals surface area (Å²) in [5.74, 6) is -0.0825. The van der Waals surface area contributed by atoms with E-state index in [1.165, 1.54) is 6.07 Å². The number of carbonyl (C=O) groups is 1. The van der Waals surface area contributed by atoms with E-state index in [1.54, 1.807) is 24.0 Å². The summed E-state index contributed by atoms with van der Waals surface area (Å²) in [4.78, 5) is 23.8. The second-order valence-electron chi connectivity index (χ2n) is 4.47. The molecule has 0 aromatic heterocycles. The quantitative estimate of drug-likeness (QED) is 0.638. The molecule has 2 N–H and O–H groups in total. The Morgan fingerprint density at radius 1 is 1.56 bits per heavy atom. The molecule has 1 saturated heterocycles. The number of hydrogen-bond acceptors (Lipinski definition) is 4. The van der Waals surface area contributed by atoms with Gasteiger partial charge < -0.3 is 10.6 Å². The maximum atomic E-state index is 11.7. The van der Waals surface area contributed by atoms with Crippen molar-refractivity contribution in [2.45, 2.75) is 25.9 Å². The SMILES string of the molecule is Cc1c(CN2CCC(N)C2=O)cccc1[N+](=O)[O-]. The van der Waals surface area contributed by atoms with Gasteiger partial charge in [-0.15, -0.1) is 0 Å². The van der Waals surface area contributed by atoms with Crippen molar-refractivity contribution < 1.29 is 9.72 Å². The molecule has 1 aromatic rings. The predicted molar refractivity (Wildman–Crippen MR) is 65.8 cm³/mol. The molecular weight excluding hydrogens is 234 g/mol. The van der Waals surface area contributed by atoms with E-state index >= 15 is 0 Å². The number of nitro benzene ring substituents is 1. The molecule has 0 bridgehead atoms. The number of amides is 1. The molecule has 96 valence electrons. The molecule has 0 saturated carbocycles. The lowest BCUT2D eigenvalue weighted by Gasteiger charge is -2.17. The third-order valence-corrected chi connectivity index (χ3v) is 3.31. The Labute approximate surface area is 105 Å². The molecular formula is C12H15N3O3. The summed E-state index contributed by atoms with van der Waals surface area (Å²) in [7, 11) is 0. The average molecular weight is 249 g/mol. The first-order valence-corrected chi connectivity index (χ1v) is 5.78. The van der Waals surface area contributed by atoms with Crippen LogP contribution in [-0.4, -0.2) is 28.3 Å². The fraction of sp³-hybridized carbons (Fsp3) is 0.417. The predicted octanol–water partition coefficient (Wildman–Crippen LogP) is 0.963. The minimum Gasteiger partial charge on any atom is -0.337 e. The van der Waals surface area contributed by atoms with Gasteiger partial charge in [0.1, 0.15) is 0 Å². The molecule has 1 aromatic carbocycles. The smallest absolute Gasteiger partial charge is 0.272 e. The van der Waals surface area contributed by atoms with Crippen molar-refractivity contribution in [3.8, 4) is 0 Å². The van der Waals surface area contributed by atoms with Gasteiger partial charge in [-0.1, -0.05) is 12.1 Å². The van der Waals surface area contributed by atoms with Crippen molar-refractivity contribution in [2.75, 3.05) is 6.54 Å². The first-order chi connectivity index (χ1) is 8.50. The standard InChI is InChI=1S/C12H15N3O3/c1-8-9(3-2-4-11(8)15(17)18)7-14-6-5-10(13)12(14)16/h2-4,10H,5-7,13H2,1H3. The maximum absolute atomic E-state index is 11.7. The first kappa shape index (κ1) is 12.5. The zero-order valence-corrected chi connectivity index (χ0v) is 10.1. The molecule has 1 aliphatic rings. The average Bonchev–Trinajstić information content (AvgIpc) is 2.63. The number of hydrogen-bond donors (Lipinski definition) is 1. The molecule has 1 fully saturated rings. The van der Waals surface area contributed by atoms with E-state index in [9.17, 15) is 14.9 Å². The van der Waals surface area contributed by atoms with E-state index in [0.29, 0.717) is 25.1 Å². The molecule has 1 unspecified atom stereocenters. The van der Waals surface area contributed by atoms with Crippen LogP contribution in [0.1, 0.15) is 17.5 Å². The fourth-order valence-corrected chi connectivity index (χ4v) is 2.16. The molecule has 0 spiro atoms. The molecule has 1 amide bonds. The van der Waals surface area contributed by atoms with Gasteiger partial charge in [0, 0.05) is 24.7 Å². The fourth-order valence-electron chi connectivity index (χ4n) is 2.16. The zero-order chi connectivity index (χ0) is 13.3. The third kappa shape index (κ3) is 2.19. The van der Waals surface area contributed by atoms with Crippen LogP contribution in [0.25, 0.3) is 0 Å². The van der Waals surface area contributed by atoms with Crippen LogP contribution in [0, 0.1) is 17.0 Å². The van der Waals surface area contributed by atoms with Gasteiger partial charge in [0.2, 0.25) is 5.91 Å². The van der Waals surface area contributed by atoms with Crippen LogP contribution in [0.3, 0.4) is 0 Å². The second kappa shape index (κ2) is 4.73.